The van der Waals surface area contributed by atoms with Crippen molar-refractivity contribution in [2.75, 3.05) is 19.7 Å². The molecule has 1 aromatic heterocycles. The Morgan fingerprint density at radius 2 is 2.53 bits per heavy atom. The van der Waals surface area contributed by atoms with E-state index in [1.165, 1.54) is 12.8 Å². The summed E-state index contributed by atoms with van der Waals surface area (Å²) in [7, 11) is 0. The third kappa shape index (κ3) is 4.66. The molecular formula is C13H20N2OS. The molecule has 0 aromatic carbocycles. The zero-order valence-electron chi connectivity index (χ0n) is 10.3. The SMILES string of the molecule is CC(CNCC1CCCO1)Sc1ccccn1. The fourth-order valence-electron chi connectivity index (χ4n) is 1.92. The van der Waals surface area contributed by atoms with E-state index in [-0.39, 0.29) is 0 Å². The van der Waals surface area contributed by atoms with E-state index in [9.17, 15) is 0 Å². The van der Waals surface area contributed by atoms with Gasteiger partial charge in [-0.3, -0.25) is 0 Å². The Labute approximate surface area is 107 Å². The minimum absolute atomic E-state index is 0.432. The number of nitrogens with one attached hydrogen (secondary N) is 1. The van der Waals surface area contributed by atoms with Crippen LogP contribution in [0.25, 0.3) is 0 Å². The van der Waals surface area contributed by atoms with Gasteiger partial charge in [-0.05, 0) is 25.0 Å². The van der Waals surface area contributed by atoms with Crippen LogP contribution in [0.5, 0.6) is 0 Å². The Hall–Kier alpha value is -0.580. The number of thioether (sulfide) groups is 1. The number of pyridine rings is 1. The molecule has 3 nitrogen and oxygen atoms in total. The van der Waals surface area contributed by atoms with Crippen LogP contribution < -0.4 is 5.32 Å². The molecule has 1 saturated heterocycles. The summed E-state index contributed by atoms with van der Waals surface area (Å²) in [6.07, 6.45) is 4.69. The number of hydrogen-bond acceptors (Lipinski definition) is 4. The van der Waals surface area contributed by atoms with Crippen molar-refractivity contribution in [3.8, 4) is 0 Å². The van der Waals surface area contributed by atoms with Crippen LogP contribution in [0.4, 0.5) is 0 Å². The Morgan fingerprint density at radius 1 is 1.59 bits per heavy atom. The molecule has 1 N–H and O–H groups in total. The second kappa shape index (κ2) is 6.99. The highest BCUT2D eigenvalue weighted by Crippen LogP contribution is 2.19. The van der Waals surface area contributed by atoms with E-state index >= 15 is 0 Å². The molecule has 0 spiro atoms. The fourth-order valence-corrected chi connectivity index (χ4v) is 2.81. The zero-order valence-corrected chi connectivity index (χ0v) is 11.1. The van der Waals surface area contributed by atoms with Gasteiger partial charge < -0.3 is 10.1 Å². The average Bonchev–Trinajstić information content (AvgIpc) is 2.83. The van der Waals surface area contributed by atoms with Crippen LogP contribution in [0, 0.1) is 0 Å². The number of hydrogen-bond donors (Lipinski definition) is 1. The Balaban J connectivity index is 1.62. The Kier molecular flexibility index (Phi) is 5.29. The Bertz CT molecular complexity index is 314. The molecule has 0 bridgehead atoms. The summed E-state index contributed by atoms with van der Waals surface area (Å²) < 4.78 is 5.57. The van der Waals surface area contributed by atoms with Gasteiger partial charge in [-0.25, -0.2) is 4.98 Å². The maximum atomic E-state index is 5.57. The standard InChI is InChI=1S/C13H20N2OS/c1-11(17-13-6-2-3-7-15-13)9-14-10-12-5-4-8-16-12/h2-3,6-7,11-12,14H,4-5,8-10H2,1H3. The molecule has 0 saturated carbocycles. The maximum absolute atomic E-state index is 5.57. The lowest BCUT2D eigenvalue weighted by Gasteiger charge is -2.14. The molecule has 2 unspecified atom stereocenters. The van der Waals surface area contributed by atoms with Crippen LogP contribution in [0.2, 0.25) is 0 Å². The first-order chi connectivity index (χ1) is 8.34. The predicted molar refractivity (Wildman–Crippen MR) is 71.4 cm³/mol. The highest BCUT2D eigenvalue weighted by molar-refractivity contribution is 7.99. The molecule has 17 heavy (non-hydrogen) atoms. The molecular weight excluding hydrogens is 232 g/mol. The van der Waals surface area contributed by atoms with Crippen molar-refractivity contribution in [2.45, 2.75) is 36.1 Å². The first-order valence-corrected chi connectivity index (χ1v) is 7.12. The second-order valence-corrected chi connectivity index (χ2v) is 5.85. The minimum Gasteiger partial charge on any atom is -0.377 e. The summed E-state index contributed by atoms with van der Waals surface area (Å²) in [6, 6.07) is 6.04. The molecule has 2 rings (SSSR count). The highest BCUT2D eigenvalue weighted by Gasteiger charge is 2.15. The van der Waals surface area contributed by atoms with Crippen molar-refractivity contribution in [1.82, 2.24) is 10.3 Å². The van der Waals surface area contributed by atoms with Crippen LogP contribution in [-0.4, -0.2) is 36.0 Å². The van der Waals surface area contributed by atoms with E-state index in [0.29, 0.717) is 11.4 Å². The van der Waals surface area contributed by atoms with Crippen LogP contribution in [0.1, 0.15) is 19.8 Å². The van der Waals surface area contributed by atoms with Crippen molar-refractivity contribution in [3.63, 3.8) is 0 Å². The van der Waals surface area contributed by atoms with Crippen LogP contribution in [0.3, 0.4) is 0 Å². The van der Waals surface area contributed by atoms with Crippen molar-refractivity contribution in [3.05, 3.63) is 24.4 Å². The summed E-state index contributed by atoms with van der Waals surface area (Å²) in [5.74, 6) is 0. The average molecular weight is 252 g/mol. The topological polar surface area (TPSA) is 34.1 Å². The van der Waals surface area contributed by atoms with E-state index < -0.39 is 0 Å². The van der Waals surface area contributed by atoms with Crippen molar-refractivity contribution in [1.29, 1.82) is 0 Å². The molecule has 1 aromatic rings. The lowest BCUT2D eigenvalue weighted by molar-refractivity contribution is 0.110. The summed E-state index contributed by atoms with van der Waals surface area (Å²) >= 11 is 1.81. The third-order valence-electron chi connectivity index (χ3n) is 2.79. The summed E-state index contributed by atoms with van der Waals surface area (Å²) in [5, 5.41) is 5.10. The molecule has 1 aliphatic heterocycles. The lowest BCUT2D eigenvalue weighted by atomic mass is 10.2. The van der Waals surface area contributed by atoms with Gasteiger partial charge in [-0.1, -0.05) is 13.0 Å². The van der Waals surface area contributed by atoms with Crippen LogP contribution in [-0.2, 0) is 4.74 Å². The lowest BCUT2D eigenvalue weighted by Crippen LogP contribution is -2.30. The largest absolute Gasteiger partial charge is 0.377 e. The minimum atomic E-state index is 0.432. The van der Waals surface area contributed by atoms with Crippen LogP contribution in [0.15, 0.2) is 29.4 Å². The van der Waals surface area contributed by atoms with Gasteiger partial charge in [0.2, 0.25) is 0 Å². The molecule has 2 heterocycles. The molecule has 1 aliphatic rings. The van der Waals surface area contributed by atoms with Crippen molar-refractivity contribution < 1.29 is 4.74 Å². The molecule has 1 fully saturated rings. The van der Waals surface area contributed by atoms with E-state index in [1.807, 2.05) is 30.1 Å². The monoisotopic (exact) mass is 252 g/mol. The van der Waals surface area contributed by atoms with Crippen LogP contribution >= 0.6 is 11.8 Å². The second-order valence-electron chi connectivity index (χ2n) is 4.39. The van der Waals surface area contributed by atoms with Gasteiger partial charge in [0.15, 0.2) is 0 Å². The predicted octanol–water partition coefficient (Wildman–Crippen LogP) is 2.33. The third-order valence-corrected chi connectivity index (χ3v) is 3.84. The number of nitrogens with zero attached hydrogens (tertiary/aromatic N) is 1. The summed E-state index contributed by atoms with van der Waals surface area (Å²) in [5.41, 5.74) is 0. The first kappa shape index (κ1) is 12.9. The van der Waals surface area contributed by atoms with Crippen molar-refractivity contribution >= 4 is 11.8 Å². The fraction of sp³-hybridized carbons (Fsp3) is 0.615. The number of ether oxygens (including phenoxy) is 1. The molecule has 0 aliphatic carbocycles. The highest BCUT2D eigenvalue weighted by atomic mass is 32.2. The Morgan fingerprint density at radius 3 is 3.24 bits per heavy atom. The maximum Gasteiger partial charge on any atom is 0.0962 e. The quantitative estimate of drug-likeness (QED) is 0.788. The van der Waals surface area contributed by atoms with Gasteiger partial charge >= 0.3 is 0 Å². The van der Waals surface area contributed by atoms with E-state index in [2.05, 4.69) is 23.3 Å². The zero-order chi connectivity index (χ0) is 11.9. The van der Waals surface area contributed by atoms with Gasteiger partial charge in [0.05, 0.1) is 11.1 Å². The summed E-state index contributed by atoms with van der Waals surface area (Å²) in [6.45, 7) is 5.14. The smallest absolute Gasteiger partial charge is 0.0962 e. The molecule has 2 atom stereocenters. The summed E-state index contributed by atoms with van der Waals surface area (Å²) in [4.78, 5) is 4.31. The number of rotatable bonds is 6. The van der Waals surface area contributed by atoms with Gasteiger partial charge in [0, 0.05) is 31.1 Å². The first-order valence-electron chi connectivity index (χ1n) is 6.24. The van der Waals surface area contributed by atoms with Gasteiger partial charge in [0.1, 0.15) is 0 Å². The van der Waals surface area contributed by atoms with E-state index in [4.69, 9.17) is 4.74 Å². The van der Waals surface area contributed by atoms with Gasteiger partial charge in [-0.2, -0.15) is 0 Å². The molecule has 0 radical (unpaired) electrons. The van der Waals surface area contributed by atoms with E-state index in [0.717, 1.165) is 24.7 Å². The normalized spacial score (nSPS) is 21.6. The molecule has 0 amide bonds. The molecule has 94 valence electrons. The van der Waals surface area contributed by atoms with Crippen molar-refractivity contribution in [2.24, 2.45) is 0 Å². The van der Waals surface area contributed by atoms with Gasteiger partial charge in [-0.15, -0.1) is 11.8 Å². The van der Waals surface area contributed by atoms with Gasteiger partial charge in [0.25, 0.3) is 0 Å². The molecule has 4 heteroatoms. The number of aromatic nitrogens is 1. The van der Waals surface area contributed by atoms with E-state index in [1.54, 1.807) is 0 Å².